The van der Waals surface area contributed by atoms with E-state index in [1.165, 1.54) is 0 Å². The predicted octanol–water partition coefficient (Wildman–Crippen LogP) is 6.57. The molecule has 0 heterocycles. The van der Waals surface area contributed by atoms with Gasteiger partial charge in [0.15, 0.2) is 0 Å². The fraction of sp³-hybridized carbons (Fsp3) is 0.333. The van der Waals surface area contributed by atoms with Gasteiger partial charge in [-0.25, -0.2) is 0 Å². The third-order valence-electron chi connectivity index (χ3n) is 6.16. The summed E-state index contributed by atoms with van der Waals surface area (Å²) in [4.78, 5) is 29.1. The highest BCUT2D eigenvalue weighted by atomic mass is 35.5. The minimum atomic E-state index is -0.699. The number of benzene rings is 3. The third-order valence-corrected chi connectivity index (χ3v) is 6.74. The van der Waals surface area contributed by atoms with Crippen molar-refractivity contribution in [2.75, 3.05) is 6.54 Å². The Morgan fingerprint density at radius 1 is 0.917 bits per heavy atom. The number of carbonyl (C=O) groups is 2. The highest BCUT2D eigenvalue weighted by Crippen LogP contribution is 2.25. The summed E-state index contributed by atoms with van der Waals surface area (Å²) >= 11 is 12.6. The average Bonchev–Trinajstić information content (AvgIpc) is 2.83. The molecule has 2 amide bonds. The molecule has 3 aromatic carbocycles. The van der Waals surface area contributed by atoms with Crippen molar-refractivity contribution in [2.45, 2.75) is 53.1 Å². The smallest absolute Gasteiger partial charge is 0.243 e. The minimum Gasteiger partial charge on any atom is -0.354 e. The predicted molar refractivity (Wildman–Crippen MR) is 148 cm³/mol. The molecule has 36 heavy (non-hydrogen) atoms. The molecule has 0 unspecified atom stereocenters. The van der Waals surface area contributed by atoms with E-state index in [1.807, 2.05) is 82.3 Å². The van der Waals surface area contributed by atoms with Crippen LogP contribution in [0.25, 0.3) is 0 Å². The Balaban J connectivity index is 2.01. The number of amides is 2. The molecule has 0 aliphatic heterocycles. The summed E-state index contributed by atoms with van der Waals surface area (Å²) in [5, 5.41) is 4.03. The number of rotatable bonds is 10. The Bertz CT molecular complexity index is 1190. The molecule has 1 atom stereocenters. The normalized spacial score (nSPS) is 11.9. The van der Waals surface area contributed by atoms with Crippen molar-refractivity contribution in [3.05, 3.63) is 105 Å². The fourth-order valence-corrected chi connectivity index (χ4v) is 4.53. The highest BCUT2D eigenvalue weighted by molar-refractivity contribution is 6.35. The summed E-state index contributed by atoms with van der Waals surface area (Å²) in [6.45, 7) is 8.83. The summed E-state index contributed by atoms with van der Waals surface area (Å²) in [7, 11) is 0. The first kappa shape index (κ1) is 27.8. The van der Waals surface area contributed by atoms with Gasteiger partial charge in [-0.2, -0.15) is 0 Å². The monoisotopic (exact) mass is 524 g/mol. The maximum atomic E-state index is 13.9. The van der Waals surface area contributed by atoms with Crippen LogP contribution in [0.5, 0.6) is 0 Å². The molecule has 0 saturated carbocycles. The van der Waals surface area contributed by atoms with E-state index in [0.717, 1.165) is 27.8 Å². The number of aryl methyl sites for hydroxylation is 2. The Hall–Kier alpha value is -2.82. The van der Waals surface area contributed by atoms with E-state index in [0.29, 0.717) is 23.0 Å². The second kappa shape index (κ2) is 12.9. The van der Waals surface area contributed by atoms with E-state index < -0.39 is 6.04 Å². The van der Waals surface area contributed by atoms with Crippen LogP contribution in [0.2, 0.25) is 10.0 Å². The van der Waals surface area contributed by atoms with Crippen molar-refractivity contribution in [3.63, 3.8) is 0 Å². The van der Waals surface area contributed by atoms with E-state index in [1.54, 1.807) is 17.0 Å². The van der Waals surface area contributed by atoms with Gasteiger partial charge in [0.2, 0.25) is 11.8 Å². The lowest BCUT2D eigenvalue weighted by Gasteiger charge is -2.32. The van der Waals surface area contributed by atoms with Crippen molar-refractivity contribution >= 4 is 35.0 Å². The summed E-state index contributed by atoms with van der Waals surface area (Å²) < 4.78 is 0. The number of halogens is 2. The summed E-state index contributed by atoms with van der Waals surface area (Å²) in [5.41, 5.74) is 4.81. The van der Waals surface area contributed by atoms with Gasteiger partial charge >= 0.3 is 0 Å². The first-order valence-corrected chi connectivity index (χ1v) is 13.0. The molecule has 0 fully saturated rings. The van der Waals surface area contributed by atoms with Gasteiger partial charge in [0.1, 0.15) is 6.04 Å². The molecule has 190 valence electrons. The van der Waals surface area contributed by atoms with Crippen LogP contribution in [-0.2, 0) is 29.0 Å². The van der Waals surface area contributed by atoms with Crippen LogP contribution in [0.15, 0.2) is 66.7 Å². The molecule has 3 rings (SSSR count). The fourth-order valence-electron chi connectivity index (χ4n) is 4.07. The molecule has 0 saturated heterocycles. The summed E-state index contributed by atoms with van der Waals surface area (Å²) in [5.74, 6) is -0.0153. The van der Waals surface area contributed by atoms with Gasteiger partial charge in [-0.05, 0) is 54.2 Å². The Morgan fingerprint density at radius 3 is 2.31 bits per heavy atom. The van der Waals surface area contributed by atoms with Crippen LogP contribution < -0.4 is 5.32 Å². The van der Waals surface area contributed by atoms with Crippen molar-refractivity contribution in [3.8, 4) is 0 Å². The van der Waals surface area contributed by atoms with Crippen LogP contribution in [0.4, 0.5) is 0 Å². The topological polar surface area (TPSA) is 49.4 Å². The molecule has 0 bridgehead atoms. The van der Waals surface area contributed by atoms with Crippen LogP contribution in [0.3, 0.4) is 0 Å². The number of nitrogens with zero attached hydrogens (tertiary/aromatic N) is 1. The molecule has 0 aliphatic rings. The van der Waals surface area contributed by atoms with Crippen molar-refractivity contribution in [2.24, 2.45) is 5.92 Å². The Morgan fingerprint density at radius 2 is 1.64 bits per heavy atom. The molecule has 1 N–H and O–H groups in total. The zero-order valence-corrected chi connectivity index (χ0v) is 22.9. The van der Waals surface area contributed by atoms with Crippen LogP contribution in [0.1, 0.15) is 41.7 Å². The van der Waals surface area contributed by atoms with Gasteiger partial charge in [0, 0.05) is 29.6 Å². The van der Waals surface area contributed by atoms with E-state index in [-0.39, 0.29) is 30.7 Å². The first-order chi connectivity index (χ1) is 17.1. The molecular formula is C30H34Cl2N2O2. The van der Waals surface area contributed by atoms with E-state index in [4.69, 9.17) is 23.2 Å². The number of hydrogen-bond acceptors (Lipinski definition) is 2. The van der Waals surface area contributed by atoms with Gasteiger partial charge in [-0.3, -0.25) is 9.59 Å². The molecule has 0 aliphatic carbocycles. The standard InChI is InChI=1S/C30H34Cl2N2O2/c1-20(2)18-33-30(36)28(15-23-8-6-5-7-9-23)34(19-24-12-13-26(31)17-27(24)32)29(35)16-25-14-21(3)10-11-22(25)4/h5-14,17,20,28H,15-16,18-19H2,1-4H3,(H,33,36)/t28-/m1/s1. The lowest BCUT2D eigenvalue weighted by atomic mass is 9.99. The van der Waals surface area contributed by atoms with E-state index >= 15 is 0 Å². The Kier molecular flexibility index (Phi) is 9.98. The van der Waals surface area contributed by atoms with Crippen LogP contribution >= 0.6 is 23.2 Å². The van der Waals surface area contributed by atoms with Gasteiger partial charge in [0.25, 0.3) is 0 Å². The first-order valence-electron chi connectivity index (χ1n) is 12.2. The average molecular weight is 526 g/mol. The van der Waals surface area contributed by atoms with Crippen molar-refractivity contribution in [1.82, 2.24) is 10.2 Å². The number of nitrogens with one attached hydrogen (secondary N) is 1. The second-order valence-electron chi connectivity index (χ2n) is 9.71. The zero-order chi connectivity index (χ0) is 26.2. The second-order valence-corrected chi connectivity index (χ2v) is 10.6. The molecule has 4 nitrogen and oxygen atoms in total. The third kappa shape index (κ3) is 7.84. The highest BCUT2D eigenvalue weighted by Gasteiger charge is 2.31. The minimum absolute atomic E-state index is 0.129. The lowest BCUT2D eigenvalue weighted by Crippen LogP contribution is -2.51. The van der Waals surface area contributed by atoms with E-state index in [2.05, 4.69) is 5.32 Å². The molecule has 3 aromatic rings. The van der Waals surface area contributed by atoms with Crippen LogP contribution in [0, 0.1) is 19.8 Å². The lowest BCUT2D eigenvalue weighted by molar-refractivity contribution is -0.140. The molecule has 0 spiro atoms. The molecular weight excluding hydrogens is 491 g/mol. The Labute approximate surface area is 224 Å². The zero-order valence-electron chi connectivity index (χ0n) is 21.4. The van der Waals surface area contributed by atoms with Gasteiger partial charge in [-0.15, -0.1) is 0 Å². The molecule has 6 heteroatoms. The van der Waals surface area contributed by atoms with Gasteiger partial charge in [-0.1, -0.05) is 97.2 Å². The van der Waals surface area contributed by atoms with E-state index in [9.17, 15) is 9.59 Å². The van der Waals surface area contributed by atoms with Gasteiger partial charge < -0.3 is 10.2 Å². The summed E-state index contributed by atoms with van der Waals surface area (Å²) in [6, 6.07) is 20.4. The maximum absolute atomic E-state index is 13.9. The van der Waals surface area contributed by atoms with Crippen molar-refractivity contribution < 1.29 is 9.59 Å². The number of carbonyl (C=O) groups excluding carboxylic acids is 2. The van der Waals surface area contributed by atoms with Crippen molar-refractivity contribution in [1.29, 1.82) is 0 Å². The quantitative estimate of drug-likeness (QED) is 0.326. The van der Waals surface area contributed by atoms with Crippen LogP contribution in [-0.4, -0.2) is 29.3 Å². The molecule has 0 radical (unpaired) electrons. The summed E-state index contributed by atoms with van der Waals surface area (Å²) in [6.07, 6.45) is 0.593. The SMILES string of the molecule is Cc1ccc(C)c(CC(=O)N(Cc2ccc(Cl)cc2Cl)[C@H](Cc2ccccc2)C(=O)NCC(C)C)c1. The maximum Gasteiger partial charge on any atom is 0.243 e. The number of hydrogen-bond donors (Lipinski definition) is 1. The van der Waals surface area contributed by atoms with Gasteiger partial charge in [0.05, 0.1) is 6.42 Å². The molecule has 0 aromatic heterocycles. The largest absolute Gasteiger partial charge is 0.354 e.